The Hall–Kier alpha value is -0.740. The SMILES string of the molecule is CCOc1cc(C)c(C)cc1S(=O)(=O)Cl. The number of halogens is 1. The lowest BCUT2D eigenvalue weighted by atomic mass is 10.1. The van der Waals surface area contributed by atoms with E-state index in [1.54, 1.807) is 13.0 Å². The first-order valence-electron chi connectivity index (χ1n) is 4.55. The van der Waals surface area contributed by atoms with Gasteiger partial charge in [-0.05, 0) is 44.0 Å². The van der Waals surface area contributed by atoms with Gasteiger partial charge in [0, 0.05) is 10.7 Å². The predicted molar refractivity (Wildman–Crippen MR) is 60.1 cm³/mol. The molecule has 0 radical (unpaired) electrons. The van der Waals surface area contributed by atoms with Crippen LogP contribution in [0.2, 0.25) is 0 Å². The number of aryl methyl sites for hydroxylation is 2. The molecule has 0 N–H and O–H groups in total. The van der Waals surface area contributed by atoms with Crippen molar-refractivity contribution < 1.29 is 13.2 Å². The van der Waals surface area contributed by atoms with Gasteiger partial charge in [-0.15, -0.1) is 0 Å². The second kappa shape index (κ2) is 4.41. The highest BCUT2D eigenvalue weighted by molar-refractivity contribution is 8.13. The summed E-state index contributed by atoms with van der Waals surface area (Å²) < 4.78 is 27.8. The molecule has 15 heavy (non-hydrogen) atoms. The summed E-state index contributed by atoms with van der Waals surface area (Å²) in [5.41, 5.74) is 1.85. The summed E-state index contributed by atoms with van der Waals surface area (Å²) in [6, 6.07) is 3.22. The average Bonchev–Trinajstić information content (AvgIpc) is 2.09. The Morgan fingerprint density at radius 3 is 2.27 bits per heavy atom. The van der Waals surface area contributed by atoms with Gasteiger partial charge < -0.3 is 4.74 Å². The standard InChI is InChI=1S/C10H13ClO3S/c1-4-14-9-5-7(2)8(3)6-10(9)15(11,12)13/h5-6H,4H2,1-3H3. The third-order valence-corrected chi connectivity index (χ3v) is 3.47. The molecule has 0 unspecified atom stereocenters. The minimum absolute atomic E-state index is 0.0362. The molecule has 1 aromatic carbocycles. The summed E-state index contributed by atoms with van der Waals surface area (Å²) in [7, 11) is 1.57. The molecule has 1 aromatic rings. The maximum absolute atomic E-state index is 11.3. The van der Waals surface area contributed by atoms with E-state index in [0.29, 0.717) is 12.4 Å². The molecular weight excluding hydrogens is 236 g/mol. The van der Waals surface area contributed by atoms with Gasteiger partial charge in [0.2, 0.25) is 0 Å². The van der Waals surface area contributed by atoms with E-state index in [-0.39, 0.29) is 4.90 Å². The second-order valence-electron chi connectivity index (χ2n) is 3.25. The van der Waals surface area contributed by atoms with Gasteiger partial charge in [-0.25, -0.2) is 8.42 Å². The van der Waals surface area contributed by atoms with Gasteiger partial charge in [0.25, 0.3) is 9.05 Å². The van der Waals surface area contributed by atoms with Gasteiger partial charge in [-0.2, -0.15) is 0 Å². The molecular formula is C10H13ClO3S. The lowest BCUT2D eigenvalue weighted by molar-refractivity contribution is 0.331. The molecule has 84 valence electrons. The van der Waals surface area contributed by atoms with Crippen molar-refractivity contribution >= 4 is 19.7 Å². The smallest absolute Gasteiger partial charge is 0.264 e. The Labute approximate surface area is 94.4 Å². The Balaban J connectivity index is 3.42. The average molecular weight is 249 g/mol. The minimum Gasteiger partial charge on any atom is -0.492 e. The highest BCUT2D eigenvalue weighted by Gasteiger charge is 2.17. The quantitative estimate of drug-likeness (QED) is 0.773. The molecule has 3 nitrogen and oxygen atoms in total. The molecule has 0 bridgehead atoms. The van der Waals surface area contributed by atoms with Crippen molar-refractivity contribution in [3.63, 3.8) is 0 Å². The van der Waals surface area contributed by atoms with E-state index in [9.17, 15) is 8.42 Å². The molecule has 0 atom stereocenters. The van der Waals surface area contributed by atoms with Crippen LogP contribution in [-0.2, 0) is 9.05 Å². The first-order chi connectivity index (χ1) is 6.86. The molecule has 0 saturated heterocycles. The predicted octanol–water partition coefficient (Wildman–Crippen LogP) is 2.63. The fourth-order valence-corrected chi connectivity index (χ4v) is 2.26. The number of hydrogen-bond acceptors (Lipinski definition) is 3. The van der Waals surface area contributed by atoms with E-state index in [0.717, 1.165) is 11.1 Å². The Morgan fingerprint density at radius 2 is 1.80 bits per heavy atom. The van der Waals surface area contributed by atoms with Crippen LogP contribution in [0.1, 0.15) is 18.1 Å². The molecule has 0 saturated carbocycles. The fourth-order valence-electron chi connectivity index (χ4n) is 1.22. The number of hydrogen-bond donors (Lipinski definition) is 0. The first-order valence-corrected chi connectivity index (χ1v) is 6.86. The Morgan fingerprint density at radius 1 is 1.27 bits per heavy atom. The lowest BCUT2D eigenvalue weighted by Gasteiger charge is -2.10. The van der Waals surface area contributed by atoms with E-state index in [1.165, 1.54) is 6.07 Å². The highest BCUT2D eigenvalue weighted by atomic mass is 35.7. The number of benzene rings is 1. The van der Waals surface area contributed by atoms with Gasteiger partial charge in [-0.3, -0.25) is 0 Å². The van der Waals surface area contributed by atoms with E-state index in [1.807, 2.05) is 13.8 Å². The van der Waals surface area contributed by atoms with Gasteiger partial charge >= 0.3 is 0 Å². The van der Waals surface area contributed by atoms with Crippen LogP contribution < -0.4 is 4.74 Å². The van der Waals surface area contributed by atoms with Crippen LogP contribution in [0.3, 0.4) is 0 Å². The number of ether oxygens (including phenoxy) is 1. The van der Waals surface area contributed by atoms with Crippen LogP contribution in [0.4, 0.5) is 0 Å². The largest absolute Gasteiger partial charge is 0.492 e. The topological polar surface area (TPSA) is 43.4 Å². The summed E-state index contributed by atoms with van der Waals surface area (Å²) in [5, 5.41) is 0. The molecule has 0 fully saturated rings. The summed E-state index contributed by atoms with van der Waals surface area (Å²) in [6.07, 6.45) is 0. The van der Waals surface area contributed by atoms with E-state index in [2.05, 4.69) is 0 Å². The van der Waals surface area contributed by atoms with Crippen LogP contribution >= 0.6 is 10.7 Å². The zero-order chi connectivity index (χ0) is 11.6. The van der Waals surface area contributed by atoms with Crippen LogP contribution in [0, 0.1) is 13.8 Å². The van der Waals surface area contributed by atoms with Crippen molar-refractivity contribution in [1.82, 2.24) is 0 Å². The third-order valence-electron chi connectivity index (χ3n) is 2.12. The normalized spacial score (nSPS) is 11.5. The Kier molecular flexibility index (Phi) is 3.62. The molecule has 0 heterocycles. The van der Waals surface area contributed by atoms with Gasteiger partial charge in [0.15, 0.2) is 0 Å². The van der Waals surface area contributed by atoms with Crippen molar-refractivity contribution in [3.8, 4) is 5.75 Å². The molecule has 1 rings (SSSR count). The summed E-state index contributed by atoms with van der Waals surface area (Å²) in [6.45, 7) is 5.92. The zero-order valence-electron chi connectivity index (χ0n) is 8.87. The molecule has 0 aliphatic carbocycles. The van der Waals surface area contributed by atoms with Crippen LogP contribution in [0.5, 0.6) is 5.75 Å². The van der Waals surface area contributed by atoms with E-state index >= 15 is 0 Å². The van der Waals surface area contributed by atoms with Crippen LogP contribution in [0.25, 0.3) is 0 Å². The second-order valence-corrected chi connectivity index (χ2v) is 5.79. The molecule has 0 amide bonds. The van der Waals surface area contributed by atoms with Crippen LogP contribution in [0.15, 0.2) is 17.0 Å². The molecule has 0 aliphatic rings. The zero-order valence-corrected chi connectivity index (χ0v) is 10.4. The Bertz CT molecular complexity index is 466. The van der Waals surface area contributed by atoms with E-state index in [4.69, 9.17) is 15.4 Å². The van der Waals surface area contributed by atoms with Crippen molar-refractivity contribution in [2.45, 2.75) is 25.7 Å². The highest BCUT2D eigenvalue weighted by Crippen LogP contribution is 2.29. The lowest BCUT2D eigenvalue weighted by Crippen LogP contribution is -2.01. The van der Waals surface area contributed by atoms with Gasteiger partial charge in [0.1, 0.15) is 10.6 Å². The maximum Gasteiger partial charge on any atom is 0.264 e. The van der Waals surface area contributed by atoms with E-state index < -0.39 is 9.05 Å². The van der Waals surface area contributed by atoms with Gasteiger partial charge in [0.05, 0.1) is 6.61 Å². The van der Waals surface area contributed by atoms with Crippen molar-refractivity contribution in [3.05, 3.63) is 23.3 Å². The van der Waals surface area contributed by atoms with Gasteiger partial charge in [-0.1, -0.05) is 0 Å². The van der Waals surface area contributed by atoms with Crippen molar-refractivity contribution in [2.24, 2.45) is 0 Å². The molecule has 5 heteroatoms. The van der Waals surface area contributed by atoms with Crippen LogP contribution in [-0.4, -0.2) is 15.0 Å². The van der Waals surface area contributed by atoms with Crippen molar-refractivity contribution in [1.29, 1.82) is 0 Å². The minimum atomic E-state index is -3.75. The maximum atomic E-state index is 11.3. The monoisotopic (exact) mass is 248 g/mol. The summed E-state index contributed by atoms with van der Waals surface area (Å²) in [5.74, 6) is 0.315. The molecule has 0 spiro atoms. The summed E-state index contributed by atoms with van der Waals surface area (Å²) in [4.78, 5) is 0.0362. The third kappa shape index (κ3) is 2.86. The number of rotatable bonds is 3. The fraction of sp³-hybridized carbons (Fsp3) is 0.400. The van der Waals surface area contributed by atoms with Crippen molar-refractivity contribution in [2.75, 3.05) is 6.61 Å². The summed E-state index contributed by atoms with van der Waals surface area (Å²) >= 11 is 0. The first kappa shape index (κ1) is 12.3. The molecule has 0 aromatic heterocycles. The molecule has 0 aliphatic heterocycles.